The predicted molar refractivity (Wildman–Crippen MR) is 92.6 cm³/mol. The Morgan fingerprint density at radius 3 is 2.71 bits per heavy atom. The van der Waals surface area contributed by atoms with Crippen molar-refractivity contribution in [1.82, 2.24) is 10.6 Å². The molecule has 1 saturated heterocycles. The Kier molecular flexibility index (Phi) is 6.10. The molecule has 5 nitrogen and oxygen atoms in total. The molecule has 1 aromatic carbocycles. The SMILES string of the molecule is O=C(NC[C@@H]1CCO[C@@H]1c1ccccc1)N[C@@H]1CCCC[C@@H]1CO. The zero-order valence-corrected chi connectivity index (χ0v) is 14.1. The third-order valence-electron chi connectivity index (χ3n) is 5.33. The molecule has 1 aliphatic heterocycles. The van der Waals surface area contributed by atoms with Gasteiger partial charge in [-0.05, 0) is 24.8 Å². The van der Waals surface area contributed by atoms with Crippen molar-refractivity contribution >= 4 is 6.03 Å². The number of nitrogens with one attached hydrogen (secondary N) is 2. The average molecular weight is 332 g/mol. The van der Waals surface area contributed by atoms with Crippen LogP contribution < -0.4 is 10.6 Å². The standard InChI is InChI=1S/C19H28N2O3/c22-13-16-8-4-5-9-17(16)21-19(23)20-12-15-10-11-24-18(15)14-6-2-1-3-7-14/h1-3,6-7,15-18,22H,4-5,8-13H2,(H2,20,21,23)/t15-,16+,17+,18+/m0/s1. The van der Waals surface area contributed by atoms with E-state index < -0.39 is 0 Å². The summed E-state index contributed by atoms with van der Waals surface area (Å²) in [6.07, 6.45) is 5.23. The molecule has 2 fully saturated rings. The van der Waals surface area contributed by atoms with Crippen LogP contribution in [0, 0.1) is 11.8 Å². The Morgan fingerprint density at radius 1 is 1.12 bits per heavy atom. The maximum Gasteiger partial charge on any atom is 0.315 e. The largest absolute Gasteiger partial charge is 0.396 e. The molecule has 0 bridgehead atoms. The van der Waals surface area contributed by atoms with E-state index in [-0.39, 0.29) is 30.7 Å². The summed E-state index contributed by atoms with van der Waals surface area (Å²) in [5.41, 5.74) is 1.18. The van der Waals surface area contributed by atoms with Gasteiger partial charge in [0.2, 0.25) is 0 Å². The lowest BCUT2D eigenvalue weighted by Gasteiger charge is -2.31. The molecule has 0 radical (unpaired) electrons. The van der Waals surface area contributed by atoms with Gasteiger partial charge in [0.25, 0.3) is 0 Å². The van der Waals surface area contributed by atoms with Gasteiger partial charge in [-0.3, -0.25) is 0 Å². The van der Waals surface area contributed by atoms with E-state index in [2.05, 4.69) is 22.8 Å². The maximum absolute atomic E-state index is 12.2. The highest BCUT2D eigenvalue weighted by atomic mass is 16.5. The van der Waals surface area contributed by atoms with Gasteiger partial charge < -0.3 is 20.5 Å². The first-order valence-electron chi connectivity index (χ1n) is 9.09. The van der Waals surface area contributed by atoms with Crippen LogP contribution in [0.2, 0.25) is 0 Å². The van der Waals surface area contributed by atoms with E-state index >= 15 is 0 Å². The first-order chi connectivity index (χ1) is 11.8. The lowest BCUT2D eigenvalue weighted by molar-refractivity contribution is 0.0908. The smallest absolute Gasteiger partial charge is 0.315 e. The molecule has 3 rings (SSSR count). The molecule has 1 heterocycles. The van der Waals surface area contributed by atoms with Crippen molar-refractivity contribution in [2.75, 3.05) is 19.8 Å². The first-order valence-corrected chi connectivity index (χ1v) is 9.09. The summed E-state index contributed by atoms with van der Waals surface area (Å²) >= 11 is 0. The van der Waals surface area contributed by atoms with E-state index in [1.54, 1.807) is 0 Å². The predicted octanol–water partition coefficient (Wildman–Crippen LogP) is 2.61. The van der Waals surface area contributed by atoms with Crippen LogP contribution in [-0.4, -0.2) is 36.9 Å². The van der Waals surface area contributed by atoms with Crippen LogP contribution in [0.25, 0.3) is 0 Å². The summed E-state index contributed by atoms with van der Waals surface area (Å²) in [6, 6.07) is 10.2. The third-order valence-corrected chi connectivity index (χ3v) is 5.33. The van der Waals surface area contributed by atoms with Crippen molar-refractivity contribution in [2.24, 2.45) is 11.8 Å². The number of aliphatic hydroxyl groups is 1. The normalized spacial score (nSPS) is 30.0. The molecule has 3 N–H and O–H groups in total. The van der Waals surface area contributed by atoms with E-state index in [4.69, 9.17) is 4.74 Å². The summed E-state index contributed by atoms with van der Waals surface area (Å²) < 4.78 is 5.86. The molecule has 5 heteroatoms. The van der Waals surface area contributed by atoms with Crippen LogP contribution in [0.5, 0.6) is 0 Å². The van der Waals surface area contributed by atoms with Crippen molar-refractivity contribution in [2.45, 2.75) is 44.2 Å². The Labute approximate surface area is 143 Å². The van der Waals surface area contributed by atoms with Gasteiger partial charge in [-0.1, -0.05) is 43.2 Å². The zero-order valence-electron chi connectivity index (χ0n) is 14.1. The molecule has 2 aliphatic rings. The second kappa shape index (κ2) is 8.49. The van der Waals surface area contributed by atoms with Crippen molar-refractivity contribution in [3.63, 3.8) is 0 Å². The van der Waals surface area contributed by atoms with Gasteiger partial charge in [-0.25, -0.2) is 4.79 Å². The van der Waals surface area contributed by atoms with E-state index in [9.17, 15) is 9.90 Å². The molecule has 1 aromatic rings. The van der Waals surface area contributed by atoms with Gasteiger partial charge in [0.15, 0.2) is 0 Å². The van der Waals surface area contributed by atoms with Gasteiger partial charge in [0.1, 0.15) is 0 Å². The summed E-state index contributed by atoms with van der Waals surface area (Å²) in [7, 11) is 0. The van der Waals surface area contributed by atoms with E-state index in [0.717, 1.165) is 38.7 Å². The molecule has 24 heavy (non-hydrogen) atoms. The van der Waals surface area contributed by atoms with Gasteiger partial charge in [0, 0.05) is 37.6 Å². The molecule has 0 spiro atoms. The number of amides is 2. The average Bonchev–Trinajstić information content (AvgIpc) is 3.10. The fourth-order valence-corrected chi connectivity index (χ4v) is 3.91. The highest BCUT2D eigenvalue weighted by Crippen LogP contribution is 2.33. The van der Waals surface area contributed by atoms with Gasteiger partial charge in [-0.15, -0.1) is 0 Å². The molecule has 0 unspecified atom stereocenters. The Bertz CT molecular complexity index is 523. The van der Waals surface area contributed by atoms with Crippen LogP contribution in [0.1, 0.15) is 43.8 Å². The number of aliphatic hydroxyl groups excluding tert-OH is 1. The summed E-state index contributed by atoms with van der Waals surface area (Å²) in [6.45, 7) is 1.50. The Morgan fingerprint density at radius 2 is 1.92 bits per heavy atom. The van der Waals surface area contributed by atoms with Crippen LogP contribution in [-0.2, 0) is 4.74 Å². The number of carbonyl (C=O) groups is 1. The minimum Gasteiger partial charge on any atom is -0.396 e. The molecular formula is C19H28N2O3. The summed E-state index contributed by atoms with van der Waals surface area (Å²) in [5.74, 6) is 0.495. The lowest BCUT2D eigenvalue weighted by Crippen LogP contribution is -2.48. The van der Waals surface area contributed by atoms with E-state index in [1.165, 1.54) is 5.56 Å². The van der Waals surface area contributed by atoms with Crippen LogP contribution >= 0.6 is 0 Å². The van der Waals surface area contributed by atoms with Crippen LogP contribution in [0.15, 0.2) is 30.3 Å². The second-order valence-corrected chi connectivity index (χ2v) is 6.94. The molecule has 1 aliphatic carbocycles. The number of rotatable bonds is 5. The highest BCUT2D eigenvalue weighted by molar-refractivity contribution is 5.74. The molecule has 4 atom stereocenters. The molecule has 1 saturated carbocycles. The number of benzene rings is 1. The Hall–Kier alpha value is -1.59. The van der Waals surface area contributed by atoms with Crippen LogP contribution in [0.4, 0.5) is 4.79 Å². The maximum atomic E-state index is 12.2. The van der Waals surface area contributed by atoms with Crippen molar-refractivity contribution < 1.29 is 14.6 Å². The summed E-state index contributed by atoms with van der Waals surface area (Å²) in [5, 5.41) is 15.5. The monoisotopic (exact) mass is 332 g/mol. The molecular weight excluding hydrogens is 304 g/mol. The number of carbonyl (C=O) groups excluding carboxylic acids is 1. The number of hydrogen-bond donors (Lipinski definition) is 3. The zero-order chi connectivity index (χ0) is 16.8. The molecule has 2 amide bonds. The minimum atomic E-state index is -0.126. The van der Waals surface area contributed by atoms with Crippen LogP contribution in [0.3, 0.4) is 0 Å². The van der Waals surface area contributed by atoms with Crippen molar-refractivity contribution in [3.05, 3.63) is 35.9 Å². The highest BCUT2D eigenvalue weighted by Gasteiger charge is 2.30. The van der Waals surface area contributed by atoms with Gasteiger partial charge in [0.05, 0.1) is 6.10 Å². The lowest BCUT2D eigenvalue weighted by atomic mass is 9.85. The van der Waals surface area contributed by atoms with Crippen molar-refractivity contribution in [1.29, 1.82) is 0 Å². The third kappa shape index (κ3) is 4.28. The quantitative estimate of drug-likeness (QED) is 0.776. The van der Waals surface area contributed by atoms with E-state index in [1.807, 2.05) is 18.2 Å². The number of ether oxygens (including phenoxy) is 1. The molecule has 0 aromatic heterocycles. The van der Waals surface area contributed by atoms with Gasteiger partial charge >= 0.3 is 6.03 Å². The number of hydrogen-bond acceptors (Lipinski definition) is 3. The first kappa shape index (κ1) is 17.2. The fraction of sp³-hybridized carbons (Fsp3) is 0.632. The van der Waals surface area contributed by atoms with Crippen molar-refractivity contribution in [3.8, 4) is 0 Å². The number of urea groups is 1. The minimum absolute atomic E-state index is 0.0615. The Balaban J connectivity index is 1.48. The van der Waals surface area contributed by atoms with Gasteiger partial charge in [-0.2, -0.15) is 0 Å². The summed E-state index contributed by atoms with van der Waals surface area (Å²) in [4.78, 5) is 12.2. The molecule has 132 valence electrons. The topological polar surface area (TPSA) is 70.6 Å². The fourth-order valence-electron chi connectivity index (χ4n) is 3.91. The van der Waals surface area contributed by atoms with E-state index in [0.29, 0.717) is 12.5 Å². The second-order valence-electron chi connectivity index (χ2n) is 6.94.